The van der Waals surface area contributed by atoms with Gasteiger partial charge in [-0.15, -0.1) is 11.6 Å². The number of nitriles is 1. The number of carbonyl (C=O) groups is 1. The maximum absolute atomic E-state index is 11.5. The fourth-order valence-corrected chi connectivity index (χ4v) is 1.96. The van der Waals surface area contributed by atoms with E-state index in [4.69, 9.17) is 26.3 Å². The van der Waals surface area contributed by atoms with Gasteiger partial charge >= 0.3 is 5.97 Å². The number of hydrogen-bond donors (Lipinski definition) is 0. The molecule has 0 saturated heterocycles. The summed E-state index contributed by atoms with van der Waals surface area (Å²) in [6.07, 6.45) is 0.123. The van der Waals surface area contributed by atoms with Gasteiger partial charge in [-0.1, -0.05) is 6.07 Å². The SMILES string of the molecule is CCOC(=O)Cc1ccc(C#N)c(OC)c1CCl. The number of esters is 1. The molecule has 0 unspecified atom stereocenters. The van der Waals surface area contributed by atoms with Gasteiger partial charge in [0.2, 0.25) is 0 Å². The zero-order chi connectivity index (χ0) is 13.5. The van der Waals surface area contributed by atoms with Crippen molar-refractivity contribution >= 4 is 17.6 Å². The molecule has 0 saturated carbocycles. The number of ether oxygens (including phenoxy) is 2. The fraction of sp³-hybridized carbons (Fsp3) is 0.385. The lowest BCUT2D eigenvalue weighted by Crippen LogP contribution is -2.10. The average molecular weight is 268 g/mol. The molecule has 0 aliphatic heterocycles. The van der Waals surface area contributed by atoms with Crippen LogP contribution in [-0.4, -0.2) is 19.7 Å². The van der Waals surface area contributed by atoms with Gasteiger partial charge in [0, 0.05) is 5.56 Å². The van der Waals surface area contributed by atoms with Gasteiger partial charge in [-0.05, 0) is 18.6 Å². The number of halogens is 1. The number of nitrogens with zero attached hydrogens (tertiary/aromatic N) is 1. The molecule has 5 heteroatoms. The van der Waals surface area contributed by atoms with Gasteiger partial charge in [0.25, 0.3) is 0 Å². The molecule has 0 amide bonds. The van der Waals surface area contributed by atoms with Crippen LogP contribution < -0.4 is 4.74 Å². The molecule has 4 nitrogen and oxygen atoms in total. The highest BCUT2D eigenvalue weighted by Gasteiger charge is 2.15. The maximum Gasteiger partial charge on any atom is 0.310 e. The molecule has 1 aromatic carbocycles. The number of hydrogen-bond acceptors (Lipinski definition) is 4. The average Bonchev–Trinajstić information content (AvgIpc) is 2.38. The number of benzene rings is 1. The van der Waals surface area contributed by atoms with E-state index in [1.807, 2.05) is 6.07 Å². The minimum Gasteiger partial charge on any atom is -0.495 e. The first-order valence-electron chi connectivity index (χ1n) is 5.48. The number of rotatable bonds is 5. The lowest BCUT2D eigenvalue weighted by atomic mass is 10.0. The van der Waals surface area contributed by atoms with Gasteiger partial charge in [0.1, 0.15) is 11.8 Å². The van der Waals surface area contributed by atoms with Crippen LogP contribution in [0.25, 0.3) is 0 Å². The first-order valence-corrected chi connectivity index (χ1v) is 6.01. The first kappa shape index (κ1) is 14.3. The van der Waals surface area contributed by atoms with Crippen LogP contribution >= 0.6 is 11.6 Å². The number of methoxy groups -OCH3 is 1. The van der Waals surface area contributed by atoms with Crippen LogP contribution in [-0.2, 0) is 21.8 Å². The van der Waals surface area contributed by atoms with Crippen molar-refractivity contribution in [3.8, 4) is 11.8 Å². The second-order valence-corrected chi connectivity index (χ2v) is 3.78. The van der Waals surface area contributed by atoms with E-state index in [-0.39, 0.29) is 18.3 Å². The molecule has 18 heavy (non-hydrogen) atoms. The van der Waals surface area contributed by atoms with Crippen molar-refractivity contribution in [3.63, 3.8) is 0 Å². The maximum atomic E-state index is 11.5. The Balaban J connectivity index is 3.13. The van der Waals surface area contributed by atoms with Crippen LogP contribution in [0.15, 0.2) is 12.1 Å². The van der Waals surface area contributed by atoms with Crippen molar-refractivity contribution in [1.29, 1.82) is 5.26 Å². The predicted octanol–water partition coefficient (Wildman–Crippen LogP) is 2.41. The van der Waals surface area contributed by atoms with Crippen LogP contribution in [0, 0.1) is 11.3 Å². The standard InChI is InChI=1S/C13H14ClNO3/c1-3-18-12(16)6-9-4-5-10(8-15)13(17-2)11(9)7-14/h4-5H,3,6-7H2,1-2H3. The highest BCUT2D eigenvalue weighted by Crippen LogP contribution is 2.28. The predicted molar refractivity (Wildman–Crippen MR) is 67.6 cm³/mol. The van der Waals surface area contributed by atoms with E-state index in [1.54, 1.807) is 19.1 Å². The molecule has 0 heterocycles. The molecule has 96 valence electrons. The highest BCUT2D eigenvalue weighted by atomic mass is 35.5. The molecule has 0 aromatic heterocycles. The third kappa shape index (κ3) is 3.14. The Bertz CT molecular complexity index is 480. The van der Waals surface area contributed by atoms with Gasteiger partial charge in [-0.2, -0.15) is 5.26 Å². The van der Waals surface area contributed by atoms with Crippen LogP contribution in [0.2, 0.25) is 0 Å². The van der Waals surface area contributed by atoms with Crippen molar-refractivity contribution in [2.75, 3.05) is 13.7 Å². The van der Waals surface area contributed by atoms with Crippen molar-refractivity contribution in [2.24, 2.45) is 0 Å². The molecule has 0 radical (unpaired) electrons. The zero-order valence-electron chi connectivity index (χ0n) is 10.3. The summed E-state index contributed by atoms with van der Waals surface area (Å²) in [5, 5.41) is 8.96. The van der Waals surface area contributed by atoms with Crippen LogP contribution in [0.4, 0.5) is 0 Å². The van der Waals surface area contributed by atoms with E-state index in [0.717, 1.165) is 5.56 Å². The van der Waals surface area contributed by atoms with Gasteiger partial charge in [0.15, 0.2) is 0 Å². The lowest BCUT2D eigenvalue weighted by Gasteiger charge is -2.12. The molecule has 0 aliphatic carbocycles. The third-order valence-corrected chi connectivity index (χ3v) is 2.72. The van der Waals surface area contributed by atoms with Crippen molar-refractivity contribution in [2.45, 2.75) is 19.2 Å². The van der Waals surface area contributed by atoms with E-state index < -0.39 is 0 Å². The molecule has 0 spiro atoms. The van der Waals surface area contributed by atoms with Gasteiger partial charge in [0.05, 0.1) is 31.6 Å². The first-order chi connectivity index (χ1) is 8.67. The topological polar surface area (TPSA) is 59.3 Å². The summed E-state index contributed by atoms with van der Waals surface area (Å²) in [5.41, 5.74) is 1.78. The van der Waals surface area contributed by atoms with Gasteiger partial charge < -0.3 is 9.47 Å². The molecule has 0 atom stereocenters. The van der Waals surface area contributed by atoms with Crippen LogP contribution in [0.5, 0.6) is 5.75 Å². The Labute approximate surface area is 111 Å². The van der Waals surface area contributed by atoms with Gasteiger partial charge in [-0.3, -0.25) is 4.79 Å². The summed E-state index contributed by atoms with van der Waals surface area (Å²) in [4.78, 5) is 11.5. The van der Waals surface area contributed by atoms with E-state index in [0.29, 0.717) is 23.5 Å². The second-order valence-electron chi connectivity index (χ2n) is 3.51. The summed E-state index contributed by atoms with van der Waals surface area (Å²) in [6, 6.07) is 5.35. The summed E-state index contributed by atoms with van der Waals surface area (Å²) >= 11 is 5.86. The molecule has 0 N–H and O–H groups in total. The van der Waals surface area contributed by atoms with Crippen molar-refractivity contribution in [1.82, 2.24) is 0 Å². The van der Waals surface area contributed by atoms with Gasteiger partial charge in [-0.25, -0.2) is 0 Å². The zero-order valence-corrected chi connectivity index (χ0v) is 11.1. The summed E-state index contributed by atoms with van der Waals surface area (Å²) in [5.74, 6) is 0.276. The van der Waals surface area contributed by atoms with E-state index >= 15 is 0 Å². The summed E-state index contributed by atoms with van der Waals surface area (Å²) in [6.45, 7) is 2.09. The Morgan fingerprint density at radius 1 is 1.50 bits per heavy atom. The smallest absolute Gasteiger partial charge is 0.310 e. The van der Waals surface area contributed by atoms with E-state index in [2.05, 4.69) is 0 Å². The molecule has 0 aliphatic rings. The summed E-state index contributed by atoms with van der Waals surface area (Å²) in [7, 11) is 1.47. The largest absolute Gasteiger partial charge is 0.495 e. The molecule has 0 fully saturated rings. The summed E-state index contributed by atoms with van der Waals surface area (Å²) < 4.78 is 10.1. The van der Waals surface area contributed by atoms with Crippen LogP contribution in [0.1, 0.15) is 23.6 Å². The normalized spacial score (nSPS) is 9.67. The molecular formula is C13H14ClNO3. The Kier molecular flexibility index (Phi) is 5.47. The Hall–Kier alpha value is -1.73. The van der Waals surface area contributed by atoms with Crippen molar-refractivity contribution in [3.05, 3.63) is 28.8 Å². The minimum absolute atomic E-state index is 0.123. The van der Waals surface area contributed by atoms with Crippen molar-refractivity contribution < 1.29 is 14.3 Å². The highest BCUT2D eigenvalue weighted by molar-refractivity contribution is 6.17. The van der Waals surface area contributed by atoms with E-state index in [9.17, 15) is 4.79 Å². The fourth-order valence-electron chi connectivity index (χ4n) is 1.67. The number of carbonyl (C=O) groups excluding carboxylic acids is 1. The molecule has 0 bridgehead atoms. The quantitative estimate of drug-likeness (QED) is 0.607. The third-order valence-electron chi connectivity index (χ3n) is 2.46. The Morgan fingerprint density at radius 2 is 2.22 bits per heavy atom. The minimum atomic E-state index is -0.323. The Morgan fingerprint density at radius 3 is 2.72 bits per heavy atom. The van der Waals surface area contributed by atoms with E-state index in [1.165, 1.54) is 7.11 Å². The second kappa shape index (κ2) is 6.87. The lowest BCUT2D eigenvalue weighted by molar-refractivity contribution is -0.142. The number of alkyl halides is 1. The van der Waals surface area contributed by atoms with Crippen LogP contribution in [0.3, 0.4) is 0 Å². The molecular weight excluding hydrogens is 254 g/mol. The molecule has 1 aromatic rings. The molecule has 1 rings (SSSR count). The monoisotopic (exact) mass is 267 g/mol.